The standard InChI is InChI=1S/C62H48N2O/c1-39(2)43-25-29-52-55-37-58-53-30-28-50(63(46-19-7-5-8-20-46)48-26-23-41-15-11-13-17-44(41)33-48)36-60(53)65-62-51(40(3)4)31-32-54(61(58)62)56(55)38-59(57(52)35-43)64(47-21-9-6-10-22-47)49-27-24-42-16-12-14-18-45(42)34-49/h5-40H,1-4H3. The number of fused-ring (bicyclic) bond motifs is 8. The van der Waals surface area contributed by atoms with E-state index in [4.69, 9.17) is 4.74 Å². The number of nitrogens with zero attached hydrogens (tertiary/aromatic N) is 2. The molecule has 0 saturated heterocycles. The molecule has 11 aromatic carbocycles. The zero-order valence-electron chi connectivity index (χ0n) is 37.1. The summed E-state index contributed by atoms with van der Waals surface area (Å²) in [6.45, 7) is 9.11. The Morgan fingerprint density at radius 2 is 0.908 bits per heavy atom. The van der Waals surface area contributed by atoms with Crippen molar-refractivity contribution in [3.05, 3.63) is 217 Å². The summed E-state index contributed by atoms with van der Waals surface area (Å²) in [5.41, 5.74) is 11.4. The fourth-order valence-corrected chi connectivity index (χ4v) is 10.2. The summed E-state index contributed by atoms with van der Waals surface area (Å²) < 4.78 is 7.27. The molecule has 3 heteroatoms. The first-order valence-corrected chi connectivity index (χ1v) is 22.9. The lowest BCUT2D eigenvalue weighted by molar-refractivity contribution is 0.478. The van der Waals surface area contributed by atoms with E-state index >= 15 is 0 Å². The topological polar surface area (TPSA) is 15.7 Å². The quantitative estimate of drug-likeness (QED) is 0.142. The van der Waals surface area contributed by atoms with Crippen molar-refractivity contribution in [3.63, 3.8) is 0 Å². The zero-order valence-corrected chi connectivity index (χ0v) is 37.1. The largest absolute Gasteiger partial charge is 0.456 e. The molecule has 1 aliphatic rings. The van der Waals surface area contributed by atoms with E-state index in [1.807, 2.05) is 0 Å². The molecule has 0 bridgehead atoms. The molecule has 0 unspecified atom stereocenters. The van der Waals surface area contributed by atoms with E-state index in [-0.39, 0.29) is 5.92 Å². The molecule has 65 heavy (non-hydrogen) atoms. The Labute approximate surface area is 380 Å². The summed E-state index contributed by atoms with van der Waals surface area (Å²) in [6, 6.07) is 75.7. The van der Waals surface area contributed by atoms with Gasteiger partial charge in [-0.1, -0.05) is 149 Å². The first-order valence-electron chi connectivity index (χ1n) is 22.9. The highest BCUT2D eigenvalue weighted by atomic mass is 16.5. The average molecular weight is 837 g/mol. The normalized spacial score (nSPS) is 12.1. The van der Waals surface area contributed by atoms with E-state index in [0.717, 1.165) is 51.2 Å². The first kappa shape index (κ1) is 38.8. The van der Waals surface area contributed by atoms with Crippen molar-refractivity contribution in [2.45, 2.75) is 39.5 Å². The van der Waals surface area contributed by atoms with Gasteiger partial charge in [-0.3, -0.25) is 0 Å². The van der Waals surface area contributed by atoms with Crippen LogP contribution in [0.4, 0.5) is 34.1 Å². The van der Waals surface area contributed by atoms with Crippen LogP contribution < -0.4 is 14.5 Å². The summed E-state index contributed by atoms with van der Waals surface area (Å²) in [7, 11) is 0. The Hall–Kier alpha value is -7.88. The van der Waals surface area contributed by atoms with Gasteiger partial charge in [-0.25, -0.2) is 0 Å². The Balaban J connectivity index is 1.12. The van der Waals surface area contributed by atoms with Crippen LogP contribution in [0.15, 0.2) is 206 Å². The smallest absolute Gasteiger partial charge is 0.139 e. The molecule has 12 rings (SSSR count). The monoisotopic (exact) mass is 836 g/mol. The third-order valence-corrected chi connectivity index (χ3v) is 13.5. The van der Waals surface area contributed by atoms with Gasteiger partial charge in [-0.2, -0.15) is 0 Å². The molecule has 0 amide bonds. The maximum Gasteiger partial charge on any atom is 0.139 e. The number of benzene rings is 11. The number of rotatable bonds is 8. The Morgan fingerprint density at radius 1 is 0.354 bits per heavy atom. The lowest BCUT2D eigenvalue weighted by Crippen LogP contribution is -2.11. The van der Waals surface area contributed by atoms with Crippen molar-refractivity contribution >= 4 is 88.0 Å². The van der Waals surface area contributed by atoms with Gasteiger partial charge in [0.1, 0.15) is 11.5 Å². The number of para-hydroxylation sites is 2. The molecule has 1 aliphatic heterocycles. The van der Waals surface area contributed by atoms with E-state index in [1.165, 1.54) is 70.6 Å². The molecule has 1 heterocycles. The Kier molecular flexibility index (Phi) is 9.20. The van der Waals surface area contributed by atoms with E-state index in [2.05, 4.69) is 244 Å². The molecule has 0 spiro atoms. The molecule has 11 aromatic rings. The molecule has 0 aliphatic carbocycles. The van der Waals surface area contributed by atoms with Gasteiger partial charge in [0, 0.05) is 50.8 Å². The highest BCUT2D eigenvalue weighted by Gasteiger charge is 2.28. The van der Waals surface area contributed by atoms with Crippen molar-refractivity contribution in [2.75, 3.05) is 9.80 Å². The van der Waals surface area contributed by atoms with Gasteiger partial charge in [-0.05, 0) is 150 Å². The molecule has 3 nitrogen and oxygen atoms in total. The molecule has 312 valence electrons. The summed E-state index contributed by atoms with van der Waals surface area (Å²) in [4.78, 5) is 4.79. The second kappa shape index (κ2) is 15.4. The molecule has 0 N–H and O–H groups in total. The Bertz CT molecular complexity index is 3650. The molecule has 0 fully saturated rings. The molecule has 0 saturated carbocycles. The molecular formula is C62H48N2O. The second-order valence-electron chi connectivity index (χ2n) is 18.1. The Morgan fingerprint density at radius 3 is 1.55 bits per heavy atom. The van der Waals surface area contributed by atoms with Gasteiger partial charge in [-0.15, -0.1) is 0 Å². The van der Waals surface area contributed by atoms with Crippen LogP contribution in [-0.2, 0) is 0 Å². The number of hydrogen-bond donors (Lipinski definition) is 0. The summed E-state index contributed by atoms with van der Waals surface area (Å²) >= 11 is 0. The number of ether oxygens (including phenoxy) is 1. The van der Waals surface area contributed by atoms with Gasteiger partial charge in [0.2, 0.25) is 0 Å². The van der Waals surface area contributed by atoms with E-state index in [9.17, 15) is 0 Å². The summed E-state index contributed by atoms with van der Waals surface area (Å²) in [5.74, 6) is 2.43. The SMILES string of the molecule is CC(C)c1ccc2c(c1)c(N(c1ccccc1)c1ccc3ccccc3c1)cc1c3ccc(C(C)C)c4c3c(cc21)-c1ccc(N(c2ccccc2)c2ccc3ccccc3c2)cc1O4. The van der Waals surface area contributed by atoms with Crippen LogP contribution in [0.3, 0.4) is 0 Å². The minimum absolute atomic E-state index is 0.254. The zero-order chi connectivity index (χ0) is 43.8. The van der Waals surface area contributed by atoms with Crippen molar-refractivity contribution in [2.24, 2.45) is 0 Å². The van der Waals surface area contributed by atoms with Crippen molar-refractivity contribution < 1.29 is 4.74 Å². The maximum atomic E-state index is 7.27. The summed E-state index contributed by atoms with van der Waals surface area (Å²) in [5, 5.41) is 12.1. The highest BCUT2D eigenvalue weighted by molar-refractivity contribution is 6.26. The van der Waals surface area contributed by atoms with Crippen molar-refractivity contribution in [1.82, 2.24) is 0 Å². The number of hydrogen-bond acceptors (Lipinski definition) is 3. The molecular weight excluding hydrogens is 789 g/mol. The fraction of sp³-hybridized carbons (Fsp3) is 0.0968. The van der Waals surface area contributed by atoms with Crippen molar-refractivity contribution in [3.8, 4) is 22.6 Å². The first-order chi connectivity index (χ1) is 31.9. The van der Waals surface area contributed by atoms with Gasteiger partial charge in [0.25, 0.3) is 0 Å². The van der Waals surface area contributed by atoms with Crippen LogP contribution in [0.5, 0.6) is 11.5 Å². The minimum Gasteiger partial charge on any atom is -0.456 e. The lowest BCUT2D eigenvalue weighted by Gasteiger charge is -2.30. The van der Waals surface area contributed by atoms with Gasteiger partial charge in [0.05, 0.1) is 5.69 Å². The van der Waals surface area contributed by atoms with E-state index < -0.39 is 0 Å². The third kappa shape index (κ3) is 6.49. The number of anilines is 6. The van der Waals surface area contributed by atoms with Crippen molar-refractivity contribution in [1.29, 1.82) is 0 Å². The molecule has 0 radical (unpaired) electrons. The minimum atomic E-state index is 0.254. The van der Waals surface area contributed by atoms with Crippen LogP contribution in [-0.4, -0.2) is 0 Å². The third-order valence-electron chi connectivity index (χ3n) is 13.5. The van der Waals surface area contributed by atoms with Gasteiger partial charge >= 0.3 is 0 Å². The molecule has 0 aromatic heterocycles. The van der Waals surface area contributed by atoms with E-state index in [0.29, 0.717) is 5.92 Å². The summed E-state index contributed by atoms with van der Waals surface area (Å²) in [6.07, 6.45) is 0. The van der Waals surface area contributed by atoms with Crippen LogP contribution >= 0.6 is 0 Å². The van der Waals surface area contributed by atoms with Gasteiger partial charge in [0.15, 0.2) is 0 Å². The van der Waals surface area contributed by atoms with Crippen LogP contribution in [0.2, 0.25) is 0 Å². The average Bonchev–Trinajstić information content (AvgIpc) is 3.34. The second-order valence-corrected chi connectivity index (χ2v) is 18.1. The van der Waals surface area contributed by atoms with Gasteiger partial charge < -0.3 is 14.5 Å². The maximum absolute atomic E-state index is 7.27. The highest BCUT2D eigenvalue weighted by Crippen LogP contribution is 2.55. The van der Waals surface area contributed by atoms with Crippen LogP contribution in [0.25, 0.3) is 65.0 Å². The fourth-order valence-electron chi connectivity index (χ4n) is 10.2. The predicted octanol–water partition coefficient (Wildman–Crippen LogP) is 18.4. The van der Waals surface area contributed by atoms with Crippen LogP contribution in [0.1, 0.15) is 50.7 Å². The predicted molar refractivity (Wildman–Crippen MR) is 277 cm³/mol. The molecule has 0 atom stereocenters. The van der Waals surface area contributed by atoms with Crippen LogP contribution in [0, 0.1) is 0 Å². The van der Waals surface area contributed by atoms with E-state index in [1.54, 1.807) is 0 Å². The lowest BCUT2D eigenvalue weighted by atomic mass is 9.85.